The van der Waals surface area contributed by atoms with E-state index in [1.54, 1.807) is 54.5 Å². The molecule has 9 heteroatoms. The quantitative estimate of drug-likeness (QED) is 0.515. The highest BCUT2D eigenvalue weighted by Gasteiger charge is 2.45. The van der Waals surface area contributed by atoms with Crippen LogP contribution in [0.1, 0.15) is 84.2 Å². The molecule has 2 amide bonds. The molecule has 190 valence electrons. The molecule has 0 saturated heterocycles. The van der Waals surface area contributed by atoms with Crippen molar-refractivity contribution < 1.29 is 23.5 Å². The predicted octanol–water partition coefficient (Wildman–Crippen LogP) is 6.00. The van der Waals surface area contributed by atoms with Gasteiger partial charge in [-0.15, -0.1) is 0 Å². The zero-order valence-electron chi connectivity index (χ0n) is 21.6. The zero-order chi connectivity index (χ0) is 25.7. The summed E-state index contributed by atoms with van der Waals surface area (Å²) in [6.07, 6.45) is 3.44. The number of aryl methyl sites for hydroxylation is 1. The van der Waals surface area contributed by atoms with Crippen molar-refractivity contribution in [1.82, 2.24) is 19.7 Å². The van der Waals surface area contributed by atoms with Crippen molar-refractivity contribution >= 4 is 12.2 Å². The second-order valence-electron chi connectivity index (χ2n) is 11.6. The van der Waals surface area contributed by atoms with Gasteiger partial charge in [0.15, 0.2) is 0 Å². The summed E-state index contributed by atoms with van der Waals surface area (Å²) in [5, 5.41) is 4.86. The SMILES string of the molecule is Cc1nc(-c2cn([C@@H]3C[C@H]3CN(C(=O)OC(C)(C)C)C(=O)OC(C)(C)C)nc2C2CC2)ccc1F. The standard InChI is InChI=1S/C26H35FN4O4/c1-15-19(27)10-11-20(28-15)18-14-31(29-22(18)16-8-9-16)21-12-17(21)13-30(23(32)34-25(2,3)4)24(33)35-26(5,6)7/h10-11,14,16-17,21H,8-9,12-13H2,1-7H3/t17-,21+/m0/s1. The highest BCUT2D eigenvalue weighted by atomic mass is 19.1. The average molecular weight is 487 g/mol. The Morgan fingerprint density at radius 2 is 1.69 bits per heavy atom. The molecule has 0 aromatic carbocycles. The molecule has 8 nitrogen and oxygen atoms in total. The first-order valence-corrected chi connectivity index (χ1v) is 12.2. The van der Waals surface area contributed by atoms with Crippen molar-refractivity contribution in [3.63, 3.8) is 0 Å². The van der Waals surface area contributed by atoms with E-state index in [0.717, 1.165) is 35.4 Å². The molecule has 2 saturated carbocycles. The van der Waals surface area contributed by atoms with Crippen LogP contribution in [0.15, 0.2) is 18.3 Å². The number of rotatable bonds is 5. The minimum atomic E-state index is -0.739. The molecule has 2 heterocycles. The van der Waals surface area contributed by atoms with E-state index in [1.165, 1.54) is 6.07 Å². The zero-order valence-corrected chi connectivity index (χ0v) is 21.6. The lowest BCUT2D eigenvalue weighted by atomic mass is 10.1. The molecule has 2 aromatic heterocycles. The van der Waals surface area contributed by atoms with E-state index in [4.69, 9.17) is 14.6 Å². The molecule has 0 N–H and O–H groups in total. The van der Waals surface area contributed by atoms with Crippen LogP contribution < -0.4 is 0 Å². The fraction of sp³-hybridized carbons (Fsp3) is 0.615. The number of aromatic nitrogens is 3. The van der Waals surface area contributed by atoms with Crippen LogP contribution in [0, 0.1) is 18.7 Å². The lowest BCUT2D eigenvalue weighted by Crippen LogP contribution is -2.44. The van der Waals surface area contributed by atoms with E-state index in [9.17, 15) is 14.0 Å². The first kappa shape index (κ1) is 25.1. The number of carbonyl (C=O) groups is 2. The van der Waals surface area contributed by atoms with Crippen LogP contribution >= 0.6 is 0 Å². The molecule has 2 aliphatic carbocycles. The number of nitrogens with zero attached hydrogens (tertiary/aromatic N) is 4. The van der Waals surface area contributed by atoms with Gasteiger partial charge in [-0.25, -0.2) is 23.9 Å². The van der Waals surface area contributed by atoms with Gasteiger partial charge in [-0.3, -0.25) is 4.68 Å². The Balaban J connectivity index is 1.53. The summed E-state index contributed by atoms with van der Waals surface area (Å²) in [7, 11) is 0. The van der Waals surface area contributed by atoms with E-state index in [-0.39, 0.29) is 24.3 Å². The minimum absolute atomic E-state index is 0.0257. The molecule has 35 heavy (non-hydrogen) atoms. The third kappa shape index (κ3) is 6.18. The van der Waals surface area contributed by atoms with Gasteiger partial charge in [0.1, 0.15) is 17.0 Å². The van der Waals surface area contributed by atoms with Gasteiger partial charge in [0.25, 0.3) is 0 Å². The van der Waals surface area contributed by atoms with Crippen molar-refractivity contribution in [2.75, 3.05) is 6.54 Å². The molecule has 0 unspecified atom stereocenters. The summed E-state index contributed by atoms with van der Waals surface area (Å²) >= 11 is 0. The second-order valence-corrected chi connectivity index (χ2v) is 11.6. The molecule has 2 aliphatic rings. The third-order valence-electron chi connectivity index (χ3n) is 5.89. The number of ether oxygens (including phenoxy) is 2. The lowest BCUT2D eigenvalue weighted by molar-refractivity contribution is 0.000341. The molecular formula is C26H35FN4O4. The molecule has 4 rings (SSSR count). The summed E-state index contributed by atoms with van der Waals surface area (Å²) < 4.78 is 26.6. The number of amides is 2. The van der Waals surface area contributed by atoms with Crippen molar-refractivity contribution in [2.24, 2.45) is 5.92 Å². The second kappa shape index (κ2) is 8.91. The molecule has 0 radical (unpaired) electrons. The highest BCUT2D eigenvalue weighted by Crippen LogP contribution is 2.48. The Labute approximate surface area is 205 Å². The van der Waals surface area contributed by atoms with E-state index in [0.29, 0.717) is 17.3 Å². The minimum Gasteiger partial charge on any atom is -0.443 e. The number of imide groups is 1. The monoisotopic (exact) mass is 486 g/mol. The summed E-state index contributed by atoms with van der Waals surface area (Å²) in [6.45, 7) is 12.4. The fourth-order valence-electron chi connectivity index (χ4n) is 3.97. The Morgan fingerprint density at radius 3 is 2.20 bits per heavy atom. The Hall–Kier alpha value is -2.97. The molecule has 2 fully saturated rings. The molecule has 2 atom stereocenters. The van der Waals surface area contributed by atoms with Crippen molar-refractivity contribution in [1.29, 1.82) is 0 Å². The Bertz CT molecular complexity index is 1100. The van der Waals surface area contributed by atoms with E-state index in [2.05, 4.69) is 4.98 Å². The molecule has 2 aromatic rings. The van der Waals surface area contributed by atoms with Crippen LogP contribution in [-0.2, 0) is 9.47 Å². The van der Waals surface area contributed by atoms with Crippen LogP contribution in [0.2, 0.25) is 0 Å². The van der Waals surface area contributed by atoms with Gasteiger partial charge in [0.2, 0.25) is 0 Å². The summed E-state index contributed by atoms with van der Waals surface area (Å²) in [4.78, 5) is 31.2. The maximum Gasteiger partial charge on any atom is 0.419 e. The molecule has 0 spiro atoms. The van der Waals surface area contributed by atoms with Gasteiger partial charge >= 0.3 is 12.2 Å². The normalized spacial score (nSPS) is 19.9. The number of pyridine rings is 1. The number of carbonyl (C=O) groups excluding carboxylic acids is 2. The molecule has 0 aliphatic heterocycles. The van der Waals surface area contributed by atoms with Crippen LogP contribution in [0.5, 0.6) is 0 Å². The van der Waals surface area contributed by atoms with E-state index >= 15 is 0 Å². The molecule has 0 bridgehead atoms. The summed E-state index contributed by atoms with van der Waals surface area (Å²) in [5.41, 5.74) is 1.47. The Morgan fingerprint density at radius 1 is 1.09 bits per heavy atom. The summed E-state index contributed by atoms with van der Waals surface area (Å²) in [6, 6.07) is 3.16. The van der Waals surface area contributed by atoms with Crippen LogP contribution in [0.3, 0.4) is 0 Å². The number of hydrogen-bond acceptors (Lipinski definition) is 6. The first-order valence-electron chi connectivity index (χ1n) is 12.2. The van der Waals surface area contributed by atoms with Crippen molar-refractivity contribution in [3.8, 4) is 11.3 Å². The number of halogens is 1. The maximum absolute atomic E-state index is 13.8. The van der Waals surface area contributed by atoms with Crippen LogP contribution in [0.25, 0.3) is 11.3 Å². The topological polar surface area (TPSA) is 86.6 Å². The molecular weight excluding hydrogens is 451 g/mol. The van der Waals surface area contributed by atoms with Gasteiger partial charge in [0, 0.05) is 30.1 Å². The lowest BCUT2D eigenvalue weighted by Gasteiger charge is -2.28. The predicted molar refractivity (Wildman–Crippen MR) is 128 cm³/mol. The van der Waals surface area contributed by atoms with Gasteiger partial charge in [-0.1, -0.05) is 0 Å². The third-order valence-corrected chi connectivity index (χ3v) is 5.89. The van der Waals surface area contributed by atoms with Gasteiger partial charge in [-0.05, 0) is 79.9 Å². The average Bonchev–Trinajstić information content (AvgIpc) is 3.64. The number of hydrogen-bond donors (Lipinski definition) is 0. The largest absolute Gasteiger partial charge is 0.443 e. The van der Waals surface area contributed by atoms with E-state index < -0.39 is 23.4 Å². The smallest absolute Gasteiger partial charge is 0.419 e. The van der Waals surface area contributed by atoms with Crippen LogP contribution in [0.4, 0.5) is 14.0 Å². The van der Waals surface area contributed by atoms with Gasteiger partial charge in [0.05, 0.1) is 23.1 Å². The van der Waals surface area contributed by atoms with Crippen molar-refractivity contribution in [2.45, 2.75) is 90.9 Å². The van der Waals surface area contributed by atoms with Crippen LogP contribution in [-0.4, -0.2) is 49.6 Å². The highest BCUT2D eigenvalue weighted by molar-refractivity contribution is 5.88. The van der Waals surface area contributed by atoms with Crippen molar-refractivity contribution in [3.05, 3.63) is 35.5 Å². The Kier molecular flexibility index (Phi) is 6.40. The van der Waals surface area contributed by atoms with E-state index in [1.807, 2.05) is 10.9 Å². The van der Waals surface area contributed by atoms with Gasteiger partial charge in [-0.2, -0.15) is 5.10 Å². The maximum atomic E-state index is 13.8. The first-order chi connectivity index (χ1) is 16.2. The summed E-state index contributed by atoms with van der Waals surface area (Å²) in [5.74, 6) is 0.0779. The fourth-order valence-corrected chi connectivity index (χ4v) is 3.97. The van der Waals surface area contributed by atoms with Gasteiger partial charge < -0.3 is 9.47 Å².